The van der Waals surface area contributed by atoms with Crippen LogP contribution in [-0.2, 0) is 5.54 Å². The molecule has 16 heavy (non-hydrogen) atoms. The summed E-state index contributed by atoms with van der Waals surface area (Å²) >= 11 is 0. The van der Waals surface area contributed by atoms with E-state index >= 15 is 0 Å². The Kier molecular flexibility index (Phi) is 4.51. The quantitative estimate of drug-likeness (QED) is 0.800. The molecule has 1 rings (SSSR count). The first-order valence-corrected chi connectivity index (χ1v) is 6.00. The molecule has 0 aliphatic rings. The lowest BCUT2D eigenvalue weighted by Crippen LogP contribution is -2.49. The van der Waals surface area contributed by atoms with E-state index in [0.29, 0.717) is 18.5 Å². The van der Waals surface area contributed by atoms with E-state index < -0.39 is 0 Å². The Labute approximate surface area is 99.2 Å². The zero-order chi connectivity index (χ0) is 12.2. The number of rotatable bonds is 5. The molecular weight excluding hydrogens is 196 g/mol. The first-order valence-electron chi connectivity index (χ1n) is 6.00. The Morgan fingerprint density at radius 3 is 2.19 bits per heavy atom. The zero-order valence-electron chi connectivity index (χ0n) is 10.8. The van der Waals surface area contributed by atoms with Crippen LogP contribution >= 0.6 is 0 Å². The number of hydrogen-bond donors (Lipinski definition) is 2. The van der Waals surface area contributed by atoms with Crippen LogP contribution in [0.3, 0.4) is 0 Å². The van der Waals surface area contributed by atoms with E-state index in [1.54, 1.807) is 0 Å². The minimum Gasteiger partial charge on any atom is -0.329 e. The maximum absolute atomic E-state index is 5.80. The second-order valence-corrected chi connectivity index (χ2v) is 5.22. The molecule has 0 saturated heterocycles. The highest BCUT2D eigenvalue weighted by atomic mass is 15.0. The number of nitrogens with one attached hydrogen (secondary N) is 1. The summed E-state index contributed by atoms with van der Waals surface area (Å²) < 4.78 is 0. The summed E-state index contributed by atoms with van der Waals surface area (Å²) in [7, 11) is 0. The van der Waals surface area contributed by atoms with E-state index in [4.69, 9.17) is 5.73 Å². The van der Waals surface area contributed by atoms with Crippen molar-refractivity contribution in [1.82, 2.24) is 5.32 Å². The van der Waals surface area contributed by atoms with Crippen molar-refractivity contribution in [3.05, 3.63) is 35.9 Å². The van der Waals surface area contributed by atoms with Crippen LogP contribution in [0.1, 0.15) is 33.3 Å². The molecule has 0 radical (unpaired) electrons. The van der Waals surface area contributed by atoms with Crippen molar-refractivity contribution in [2.45, 2.75) is 39.3 Å². The first kappa shape index (κ1) is 13.2. The van der Waals surface area contributed by atoms with E-state index in [0.717, 1.165) is 0 Å². The van der Waals surface area contributed by atoms with E-state index in [1.807, 2.05) is 6.07 Å². The van der Waals surface area contributed by atoms with Crippen LogP contribution in [0.25, 0.3) is 0 Å². The highest BCUT2D eigenvalue weighted by molar-refractivity contribution is 5.22. The van der Waals surface area contributed by atoms with Gasteiger partial charge in [0, 0.05) is 18.1 Å². The van der Waals surface area contributed by atoms with Crippen molar-refractivity contribution in [3.63, 3.8) is 0 Å². The maximum Gasteiger partial charge on any atom is 0.0380 e. The second kappa shape index (κ2) is 5.46. The summed E-state index contributed by atoms with van der Waals surface area (Å²) in [6, 6.07) is 10.9. The Morgan fingerprint density at radius 1 is 1.19 bits per heavy atom. The fourth-order valence-corrected chi connectivity index (χ4v) is 1.90. The van der Waals surface area contributed by atoms with E-state index in [-0.39, 0.29) is 5.54 Å². The van der Waals surface area contributed by atoms with Crippen LogP contribution in [0.15, 0.2) is 30.3 Å². The third kappa shape index (κ3) is 3.32. The molecule has 2 nitrogen and oxygen atoms in total. The van der Waals surface area contributed by atoms with Gasteiger partial charge in [0.15, 0.2) is 0 Å². The van der Waals surface area contributed by atoms with Gasteiger partial charge < -0.3 is 11.1 Å². The SMILES string of the molecule is CC(C)C(CN)NC(C)(C)c1ccccc1. The molecule has 1 aromatic rings. The molecule has 3 N–H and O–H groups in total. The third-order valence-corrected chi connectivity index (χ3v) is 3.10. The lowest BCUT2D eigenvalue weighted by molar-refractivity contribution is 0.294. The molecule has 0 fully saturated rings. The Hall–Kier alpha value is -0.860. The van der Waals surface area contributed by atoms with Crippen LogP contribution < -0.4 is 11.1 Å². The summed E-state index contributed by atoms with van der Waals surface area (Å²) in [5, 5.41) is 3.63. The molecule has 0 heterocycles. The molecule has 90 valence electrons. The summed E-state index contributed by atoms with van der Waals surface area (Å²) in [5.41, 5.74) is 7.06. The standard InChI is InChI=1S/C14H24N2/c1-11(2)13(10-15)16-14(3,4)12-8-6-5-7-9-12/h5-9,11,13,16H,10,15H2,1-4H3. The van der Waals surface area contributed by atoms with Crippen molar-refractivity contribution in [1.29, 1.82) is 0 Å². The second-order valence-electron chi connectivity index (χ2n) is 5.22. The highest BCUT2D eigenvalue weighted by Gasteiger charge is 2.24. The fraction of sp³-hybridized carbons (Fsp3) is 0.571. The van der Waals surface area contributed by atoms with Gasteiger partial charge in [-0.25, -0.2) is 0 Å². The Morgan fingerprint density at radius 2 is 1.75 bits per heavy atom. The summed E-state index contributed by atoms with van der Waals surface area (Å²) in [6.45, 7) is 9.48. The lowest BCUT2D eigenvalue weighted by atomic mass is 9.91. The van der Waals surface area contributed by atoms with Crippen LogP contribution in [0.5, 0.6) is 0 Å². The van der Waals surface area contributed by atoms with Crippen molar-refractivity contribution >= 4 is 0 Å². The summed E-state index contributed by atoms with van der Waals surface area (Å²) in [4.78, 5) is 0. The maximum atomic E-state index is 5.80. The predicted octanol–water partition coefficient (Wildman–Crippen LogP) is 2.49. The number of hydrogen-bond acceptors (Lipinski definition) is 2. The minimum absolute atomic E-state index is 0.0322. The molecule has 0 spiro atoms. The largest absolute Gasteiger partial charge is 0.329 e. The van der Waals surface area contributed by atoms with Gasteiger partial charge >= 0.3 is 0 Å². The summed E-state index contributed by atoms with van der Waals surface area (Å²) in [5.74, 6) is 0.549. The molecule has 0 aromatic heterocycles. The Balaban J connectivity index is 2.78. The van der Waals surface area contributed by atoms with Gasteiger partial charge in [-0.05, 0) is 25.3 Å². The van der Waals surface area contributed by atoms with Gasteiger partial charge in [-0.3, -0.25) is 0 Å². The molecule has 2 heteroatoms. The predicted molar refractivity (Wildman–Crippen MR) is 70.3 cm³/mol. The van der Waals surface area contributed by atoms with E-state index in [2.05, 4.69) is 57.3 Å². The van der Waals surface area contributed by atoms with Crippen molar-refractivity contribution < 1.29 is 0 Å². The highest BCUT2D eigenvalue weighted by Crippen LogP contribution is 2.21. The van der Waals surface area contributed by atoms with Gasteiger partial charge in [0.25, 0.3) is 0 Å². The normalized spacial score (nSPS) is 14.1. The molecule has 1 atom stereocenters. The van der Waals surface area contributed by atoms with Crippen molar-refractivity contribution in [3.8, 4) is 0 Å². The van der Waals surface area contributed by atoms with Crippen LogP contribution in [-0.4, -0.2) is 12.6 Å². The van der Waals surface area contributed by atoms with Gasteiger partial charge in [-0.15, -0.1) is 0 Å². The monoisotopic (exact) mass is 220 g/mol. The number of benzene rings is 1. The molecule has 0 amide bonds. The smallest absolute Gasteiger partial charge is 0.0380 e. The van der Waals surface area contributed by atoms with Crippen LogP contribution in [0.4, 0.5) is 0 Å². The molecule has 0 aliphatic carbocycles. The first-order chi connectivity index (χ1) is 7.47. The zero-order valence-corrected chi connectivity index (χ0v) is 10.8. The molecule has 0 bridgehead atoms. The van der Waals surface area contributed by atoms with Gasteiger partial charge in [0.1, 0.15) is 0 Å². The Bertz CT molecular complexity index is 304. The average molecular weight is 220 g/mol. The van der Waals surface area contributed by atoms with Gasteiger partial charge in [0.05, 0.1) is 0 Å². The molecule has 0 saturated carbocycles. The van der Waals surface area contributed by atoms with E-state index in [1.165, 1.54) is 5.56 Å². The van der Waals surface area contributed by atoms with E-state index in [9.17, 15) is 0 Å². The molecule has 1 unspecified atom stereocenters. The van der Waals surface area contributed by atoms with Gasteiger partial charge in [-0.2, -0.15) is 0 Å². The molecular formula is C14H24N2. The van der Waals surface area contributed by atoms with Gasteiger partial charge in [-0.1, -0.05) is 44.2 Å². The third-order valence-electron chi connectivity index (χ3n) is 3.10. The topological polar surface area (TPSA) is 38.0 Å². The fourth-order valence-electron chi connectivity index (χ4n) is 1.90. The average Bonchev–Trinajstić information content (AvgIpc) is 2.27. The van der Waals surface area contributed by atoms with Crippen molar-refractivity contribution in [2.75, 3.05) is 6.54 Å². The minimum atomic E-state index is -0.0322. The van der Waals surface area contributed by atoms with Crippen LogP contribution in [0.2, 0.25) is 0 Å². The lowest BCUT2D eigenvalue weighted by Gasteiger charge is -2.34. The van der Waals surface area contributed by atoms with Crippen molar-refractivity contribution in [2.24, 2.45) is 11.7 Å². The summed E-state index contributed by atoms with van der Waals surface area (Å²) in [6.07, 6.45) is 0. The molecule has 0 aliphatic heterocycles. The van der Waals surface area contributed by atoms with Gasteiger partial charge in [0.2, 0.25) is 0 Å². The number of nitrogens with two attached hydrogens (primary N) is 1. The molecule has 1 aromatic carbocycles. The van der Waals surface area contributed by atoms with Crippen LogP contribution in [0, 0.1) is 5.92 Å².